The van der Waals surface area contributed by atoms with E-state index in [2.05, 4.69) is 0 Å². The maximum absolute atomic E-state index is 12.3. The maximum atomic E-state index is 12.3. The van der Waals surface area contributed by atoms with Gasteiger partial charge in [-0.2, -0.15) is 0 Å². The van der Waals surface area contributed by atoms with Crippen LogP contribution in [0.3, 0.4) is 0 Å². The summed E-state index contributed by atoms with van der Waals surface area (Å²) in [4.78, 5) is 46.2. The van der Waals surface area contributed by atoms with E-state index < -0.39 is 22.1 Å². The molecule has 26 heavy (non-hydrogen) atoms. The summed E-state index contributed by atoms with van der Waals surface area (Å²) in [6.45, 7) is 1.32. The third-order valence-corrected chi connectivity index (χ3v) is 3.62. The Balaban J connectivity index is 2.03. The summed E-state index contributed by atoms with van der Waals surface area (Å²) in [6, 6.07) is 10.9. The van der Waals surface area contributed by atoms with Crippen molar-refractivity contribution in [2.45, 2.75) is 6.92 Å². The Hall–Kier alpha value is -3.81. The van der Waals surface area contributed by atoms with Crippen LogP contribution in [0.4, 0.5) is 5.69 Å². The van der Waals surface area contributed by atoms with Gasteiger partial charge >= 0.3 is 11.6 Å². The first-order chi connectivity index (χ1) is 12.4. The van der Waals surface area contributed by atoms with Crippen molar-refractivity contribution in [3.63, 3.8) is 0 Å². The van der Waals surface area contributed by atoms with Crippen molar-refractivity contribution in [2.24, 2.45) is 0 Å². The van der Waals surface area contributed by atoms with Crippen LogP contribution < -0.4 is 10.4 Å². The number of ketones is 1. The number of hydrogen-bond donors (Lipinski definition) is 0. The lowest BCUT2D eigenvalue weighted by Crippen LogP contribution is -2.19. The monoisotopic (exact) mass is 353 g/mol. The van der Waals surface area contributed by atoms with Gasteiger partial charge in [0.25, 0.3) is 5.69 Å². The Morgan fingerprint density at radius 1 is 1.08 bits per heavy atom. The van der Waals surface area contributed by atoms with Crippen molar-refractivity contribution < 1.29 is 23.7 Å². The smallest absolute Gasteiger partial charge is 0.351 e. The van der Waals surface area contributed by atoms with Gasteiger partial charge in [-0.05, 0) is 31.2 Å². The van der Waals surface area contributed by atoms with Crippen LogP contribution in [-0.4, -0.2) is 16.7 Å². The molecule has 0 radical (unpaired) electrons. The average molecular weight is 353 g/mol. The first kappa shape index (κ1) is 17.0. The fourth-order valence-electron chi connectivity index (χ4n) is 2.37. The third kappa shape index (κ3) is 3.20. The zero-order valence-electron chi connectivity index (χ0n) is 13.4. The molecule has 1 heterocycles. The molecule has 3 rings (SSSR count). The second kappa shape index (κ2) is 6.60. The minimum absolute atomic E-state index is 0.00328. The highest BCUT2D eigenvalue weighted by Crippen LogP contribution is 2.22. The number of nitro groups is 1. The molecular formula is C18H11NO7. The van der Waals surface area contributed by atoms with Gasteiger partial charge in [-0.15, -0.1) is 0 Å². The number of carbonyl (C=O) groups excluding carboxylic acids is 2. The predicted molar refractivity (Wildman–Crippen MR) is 90.5 cm³/mol. The molecule has 0 aliphatic carbocycles. The van der Waals surface area contributed by atoms with E-state index in [9.17, 15) is 24.5 Å². The summed E-state index contributed by atoms with van der Waals surface area (Å²) in [5.74, 6) is -1.33. The summed E-state index contributed by atoms with van der Waals surface area (Å²) < 4.78 is 10.2. The number of carbonyl (C=O) groups is 2. The van der Waals surface area contributed by atoms with Crippen molar-refractivity contribution in [3.05, 3.63) is 80.2 Å². The molecule has 2 aromatic carbocycles. The molecule has 0 unspecified atom stereocenters. The molecule has 0 atom stereocenters. The first-order valence-electron chi connectivity index (χ1n) is 7.41. The standard InChI is InChI=1S/C18H11NO7/c1-10(20)13-4-2-3-5-16(13)26-18(22)14-9-11-8-12(19(23)24)6-7-15(11)25-17(14)21/h2-9H,1H3. The Morgan fingerprint density at radius 2 is 1.81 bits per heavy atom. The van der Waals surface area contributed by atoms with Gasteiger partial charge < -0.3 is 9.15 Å². The van der Waals surface area contributed by atoms with Gasteiger partial charge in [0, 0.05) is 17.5 Å². The van der Waals surface area contributed by atoms with Gasteiger partial charge in [-0.3, -0.25) is 14.9 Å². The van der Waals surface area contributed by atoms with E-state index >= 15 is 0 Å². The lowest BCUT2D eigenvalue weighted by Gasteiger charge is -2.07. The van der Waals surface area contributed by atoms with Gasteiger partial charge in [0.2, 0.25) is 0 Å². The van der Waals surface area contributed by atoms with Crippen LogP contribution in [0.2, 0.25) is 0 Å². The van der Waals surface area contributed by atoms with Crippen LogP contribution in [0, 0.1) is 10.1 Å². The second-order valence-corrected chi connectivity index (χ2v) is 5.37. The number of fused-ring (bicyclic) bond motifs is 1. The molecule has 8 nitrogen and oxygen atoms in total. The number of benzene rings is 2. The summed E-state index contributed by atoms with van der Waals surface area (Å²) >= 11 is 0. The maximum Gasteiger partial charge on any atom is 0.351 e. The Labute approximate surface area is 145 Å². The molecule has 0 amide bonds. The molecule has 0 saturated heterocycles. The molecule has 0 N–H and O–H groups in total. The number of rotatable bonds is 4. The number of para-hydroxylation sites is 1. The van der Waals surface area contributed by atoms with E-state index in [1.807, 2.05) is 0 Å². The van der Waals surface area contributed by atoms with E-state index in [0.717, 1.165) is 6.07 Å². The molecule has 0 spiro atoms. The summed E-state index contributed by atoms with van der Waals surface area (Å²) in [5, 5.41) is 11.1. The fourth-order valence-corrected chi connectivity index (χ4v) is 2.37. The molecule has 8 heteroatoms. The minimum Gasteiger partial charge on any atom is -0.422 e. The zero-order valence-corrected chi connectivity index (χ0v) is 13.4. The molecular weight excluding hydrogens is 342 g/mol. The highest BCUT2D eigenvalue weighted by atomic mass is 16.6. The van der Waals surface area contributed by atoms with Gasteiger partial charge in [0.15, 0.2) is 5.78 Å². The first-order valence-corrected chi connectivity index (χ1v) is 7.41. The minimum atomic E-state index is -1.03. The number of Topliss-reactive ketones (excluding diaryl/α,β-unsaturated/α-hetero) is 1. The largest absolute Gasteiger partial charge is 0.422 e. The average Bonchev–Trinajstić information content (AvgIpc) is 2.60. The molecule has 0 aliphatic heterocycles. The van der Waals surface area contributed by atoms with Crippen molar-refractivity contribution in [2.75, 3.05) is 0 Å². The summed E-state index contributed by atoms with van der Waals surface area (Å²) in [7, 11) is 0. The SMILES string of the molecule is CC(=O)c1ccccc1OC(=O)c1cc2cc([N+](=O)[O-])ccc2oc1=O. The van der Waals surface area contributed by atoms with Gasteiger partial charge in [0.05, 0.1) is 10.5 Å². The summed E-state index contributed by atoms with van der Waals surface area (Å²) in [5.41, 5.74) is -1.32. The molecule has 0 bridgehead atoms. The Bertz CT molecular complexity index is 1110. The van der Waals surface area contributed by atoms with Crippen molar-refractivity contribution >= 4 is 28.4 Å². The highest BCUT2D eigenvalue weighted by molar-refractivity contribution is 5.99. The van der Waals surface area contributed by atoms with E-state index in [0.29, 0.717) is 0 Å². The number of hydrogen-bond acceptors (Lipinski definition) is 7. The van der Waals surface area contributed by atoms with E-state index in [1.54, 1.807) is 12.1 Å². The van der Waals surface area contributed by atoms with Crippen LogP contribution in [0.1, 0.15) is 27.6 Å². The van der Waals surface area contributed by atoms with E-state index in [4.69, 9.17) is 9.15 Å². The number of non-ortho nitro benzene ring substituents is 1. The van der Waals surface area contributed by atoms with Crippen molar-refractivity contribution in [1.29, 1.82) is 0 Å². The van der Waals surface area contributed by atoms with Crippen LogP contribution >= 0.6 is 0 Å². The number of esters is 1. The van der Waals surface area contributed by atoms with Crippen LogP contribution in [0.25, 0.3) is 11.0 Å². The molecule has 0 saturated carbocycles. The molecule has 3 aromatic rings. The van der Waals surface area contributed by atoms with Gasteiger partial charge in [-0.25, -0.2) is 9.59 Å². The molecule has 0 aliphatic rings. The molecule has 130 valence electrons. The van der Waals surface area contributed by atoms with Crippen molar-refractivity contribution in [1.82, 2.24) is 0 Å². The highest BCUT2D eigenvalue weighted by Gasteiger charge is 2.19. The Morgan fingerprint density at radius 3 is 2.50 bits per heavy atom. The van der Waals surface area contributed by atoms with Crippen LogP contribution in [0.15, 0.2) is 57.7 Å². The molecule has 1 aromatic heterocycles. The van der Waals surface area contributed by atoms with Crippen LogP contribution in [0.5, 0.6) is 5.75 Å². The normalized spacial score (nSPS) is 10.5. The number of nitro benzene ring substituents is 1. The predicted octanol–water partition coefficient (Wildman–Crippen LogP) is 3.12. The topological polar surface area (TPSA) is 117 Å². The zero-order chi connectivity index (χ0) is 18.8. The van der Waals surface area contributed by atoms with Crippen molar-refractivity contribution in [3.8, 4) is 5.75 Å². The lowest BCUT2D eigenvalue weighted by atomic mass is 10.1. The lowest BCUT2D eigenvalue weighted by molar-refractivity contribution is -0.384. The fraction of sp³-hybridized carbons (Fsp3) is 0.0556. The van der Waals surface area contributed by atoms with E-state index in [-0.39, 0.29) is 33.8 Å². The summed E-state index contributed by atoms with van der Waals surface area (Å²) in [6.07, 6.45) is 0. The van der Waals surface area contributed by atoms with Gasteiger partial charge in [-0.1, -0.05) is 12.1 Å². The second-order valence-electron chi connectivity index (χ2n) is 5.37. The van der Waals surface area contributed by atoms with Gasteiger partial charge in [0.1, 0.15) is 16.9 Å². The van der Waals surface area contributed by atoms with E-state index in [1.165, 1.54) is 37.3 Å². The Kier molecular flexibility index (Phi) is 4.32. The molecule has 0 fully saturated rings. The third-order valence-electron chi connectivity index (χ3n) is 3.62. The number of ether oxygens (including phenoxy) is 1. The number of nitrogens with zero attached hydrogens (tertiary/aromatic N) is 1. The van der Waals surface area contributed by atoms with Crippen LogP contribution in [-0.2, 0) is 0 Å². The quantitative estimate of drug-likeness (QED) is 0.177.